The van der Waals surface area contributed by atoms with Gasteiger partial charge in [-0.2, -0.15) is 5.10 Å². The Balaban J connectivity index is 1.62. The van der Waals surface area contributed by atoms with Crippen molar-refractivity contribution in [2.24, 2.45) is 7.05 Å². The van der Waals surface area contributed by atoms with Crippen LogP contribution in [0.1, 0.15) is 41.0 Å². The van der Waals surface area contributed by atoms with E-state index >= 15 is 0 Å². The summed E-state index contributed by atoms with van der Waals surface area (Å²) in [6.07, 6.45) is 4.76. The van der Waals surface area contributed by atoms with Gasteiger partial charge in [0.05, 0.1) is 10.6 Å². The molecule has 23 heavy (non-hydrogen) atoms. The van der Waals surface area contributed by atoms with E-state index in [1.54, 1.807) is 11.3 Å². The van der Waals surface area contributed by atoms with Crippen molar-refractivity contribution in [2.75, 3.05) is 20.1 Å². The predicted octanol–water partition coefficient (Wildman–Crippen LogP) is 2.64. The van der Waals surface area contributed by atoms with Gasteiger partial charge >= 0.3 is 0 Å². The van der Waals surface area contributed by atoms with Crippen molar-refractivity contribution in [2.45, 2.75) is 44.7 Å². The van der Waals surface area contributed by atoms with Crippen molar-refractivity contribution in [3.63, 3.8) is 0 Å². The zero-order chi connectivity index (χ0) is 16.1. The molecule has 124 valence electrons. The Morgan fingerprint density at radius 1 is 1.22 bits per heavy atom. The summed E-state index contributed by atoms with van der Waals surface area (Å²) in [6, 6.07) is 2.97. The fourth-order valence-corrected chi connectivity index (χ4v) is 5.40. The quantitative estimate of drug-likeness (QED) is 0.849. The lowest BCUT2D eigenvalue weighted by Crippen LogP contribution is -2.46. The monoisotopic (exact) mass is 332 g/mol. The van der Waals surface area contributed by atoms with Crippen molar-refractivity contribution >= 4 is 27.5 Å². The molecular formula is C17H24N4OS. The number of rotatable bonds is 2. The summed E-state index contributed by atoms with van der Waals surface area (Å²) in [6.45, 7) is 4.08. The van der Waals surface area contributed by atoms with Gasteiger partial charge in [0, 0.05) is 31.1 Å². The van der Waals surface area contributed by atoms with Crippen LogP contribution in [0.4, 0.5) is 0 Å². The van der Waals surface area contributed by atoms with Gasteiger partial charge in [-0.05, 0) is 52.3 Å². The molecule has 5 nitrogen and oxygen atoms in total. The highest BCUT2D eigenvalue weighted by atomic mass is 32.1. The van der Waals surface area contributed by atoms with E-state index in [1.165, 1.54) is 12.8 Å². The van der Waals surface area contributed by atoms with Gasteiger partial charge in [0.15, 0.2) is 0 Å². The number of aromatic nitrogens is 2. The van der Waals surface area contributed by atoms with Crippen LogP contribution in [-0.2, 0) is 7.05 Å². The third kappa shape index (κ3) is 2.39. The van der Waals surface area contributed by atoms with Gasteiger partial charge in [-0.15, -0.1) is 11.3 Å². The number of amides is 1. The first-order valence-electron chi connectivity index (χ1n) is 8.50. The maximum absolute atomic E-state index is 13.1. The molecule has 0 spiro atoms. The number of carbonyl (C=O) groups excluding carboxylic acids is 1. The summed E-state index contributed by atoms with van der Waals surface area (Å²) in [5.74, 6) is 0.216. The molecule has 1 amide bonds. The molecule has 0 N–H and O–H groups in total. The van der Waals surface area contributed by atoms with E-state index in [1.807, 2.05) is 24.7 Å². The van der Waals surface area contributed by atoms with E-state index in [9.17, 15) is 4.79 Å². The number of likely N-dealkylation sites (N-methyl/N-ethyl adjacent to an activating group) is 1. The lowest BCUT2D eigenvalue weighted by atomic mass is 10.0. The first kappa shape index (κ1) is 15.1. The number of hydrogen-bond acceptors (Lipinski definition) is 4. The summed E-state index contributed by atoms with van der Waals surface area (Å²) in [4.78, 5) is 19.6. The Morgan fingerprint density at radius 2 is 1.96 bits per heavy atom. The van der Waals surface area contributed by atoms with Crippen LogP contribution in [0.15, 0.2) is 6.07 Å². The summed E-state index contributed by atoms with van der Waals surface area (Å²) >= 11 is 1.58. The van der Waals surface area contributed by atoms with Gasteiger partial charge in [-0.1, -0.05) is 0 Å². The van der Waals surface area contributed by atoms with Gasteiger partial charge in [0.2, 0.25) is 0 Å². The van der Waals surface area contributed by atoms with Gasteiger partial charge in [-0.3, -0.25) is 9.48 Å². The minimum atomic E-state index is 0.216. The molecule has 2 aromatic heterocycles. The number of aryl methyl sites for hydroxylation is 2. The Labute approximate surface area is 140 Å². The van der Waals surface area contributed by atoms with Crippen LogP contribution < -0.4 is 0 Å². The van der Waals surface area contributed by atoms with E-state index in [4.69, 9.17) is 0 Å². The summed E-state index contributed by atoms with van der Waals surface area (Å²) < 4.78 is 1.89. The number of fused-ring (bicyclic) bond motifs is 1. The van der Waals surface area contributed by atoms with Crippen LogP contribution in [0.25, 0.3) is 10.2 Å². The van der Waals surface area contributed by atoms with E-state index in [-0.39, 0.29) is 5.91 Å². The molecule has 2 saturated heterocycles. The molecule has 4 heterocycles. The van der Waals surface area contributed by atoms with Gasteiger partial charge < -0.3 is 9.80 Å². The number of hydrogen-bond donors (Lipinski definition) is 0. The van der Waals surface area contributed by atoms with E-state index in [2.05, 4.69) is 21.9 Å². The van der Waals surface area contributed by atoms with Crippen molar-refractivity contribution in [3.05, 3.63) is 16.6 Å². The Morgan fingerprint density at radius 3 is 2.65 bits per heavy atom. The van der Waals surface area contributed by atoms with Gasteiger partial charge in [-0.25, -0.2) is 0 Å². The molecule has 2 fully saturated rings. The molecule has 2 aliphatic heterocycles. The second-order valence-corrected chi connectivity index (χ2v) is 7.97. The highest BCUT2D eigenvalue weighted by molar-refractivity contribution is 7.20. The van der Waals surface area contributed by atoms with E-state index in [0.29, 0.717) is 12.1 Å². The molecule has 4 rings (SSSR count). The highest BCUT2D eigenvalue weighted by Crippen LogP contribution is 2.33. The summed E-state index contributed by atoms with van der Waals surface area (Å²) in [5, 5.41) is 5.55. The molecule has 0 radical (unpaired) electrons. The fourth-order valence-electron chi connectivity index (χ4n) is 4.32. The van der Waals surface area contributed by atoms with E-state index in [0.717, 1.165) is 46.7 Å². The molecule has 0 bridgehead atoms. The molecule has 2 unspecified atom stereocenters. The molecule has 0 aromatic carbocycles. The molecule has 2 aromatic rings. The van der Waals surface area contributed by atoms with Crippen LogP contribution in [0.2, 0.25) is 0 Å². The molecule has 2 atom stereocenters. The second-order valence-electron chi connectivity index (χ2n) is 6.94. The topological polar surface area (TPSA) is 41.4 Å². The Hall–Kier alpha value is -1.40. The van der Waals surface area contributed by atoms with Crippen molar-refractivity contribution in [1.29, 1.82) is 0 Å². The minimum absolute atomic E-state index is 0.216. The third-order valence-corrected chi connectivity index (χ3v) is 6.68. The lowest BCUT2D eigenvalue weighted by Gasteiger charge is -2.33. The average Bonchev–Trinajstić information content (AvgIpc) is 3.26. The Bertz CT molecular complexity index is 715. The maximum atomic E-state index is 13.1. The molecule has 0 saturated carbocycles. The van der Waals surface area contributed by atoms with Gasteiger partial charge in [0.1, 0.15) is 4.83 Å². The highest BCUT2D eigenvalue weighted by Gasteiger charge is 2.39. The van der Waals surface area contributed by atoms with E-state index < -0.39 is 0 Å². The zero-order valence-electron chi connectivity index (χ0n) is 14.1. The van der Waals surface area contributed by atoms with Crippen LogP contribution in [0.5, 0.6) is 0 Å². The largest absolute Gasteiger partial charge is 0.333 e. The van der Waals surface area contributed by atoms with Crippen LogP contribution >= 0.6 is 11.3 Å². The SMILES string of the molecule is Cc1nn(C)c2sc(C(=O)N3CCCC3C3CCCN3C)cc12. The third-order valence-electron chi connectivity index (χ3n) is 5.49. The number of thiophene rings is 1. The average molecular weight is 332 g/mol. The number of carbonyl (C=O) groups is 1. The van der Waals surface area contributed by atoms with Crippen molar-refractivity contribution < 1.29 is 4.79 Å². The molecule has 0 aliphatic carbocycles. The minimum Gasteiger partial charge on any atom is -0.333 e. The molecule has 2 aliphatic rings. The van der Waals surface area contributed by atoms with Gasteiger partial charge in [0.25, 0.3) is 5.91 Å². The summed E-state index contributed by atoms with van der Waals surface area (Å²) in [5.41, 5.74) is 1.01. The number of likely N-dealkylation sites (tertiary alicyclic amines) is 2. The second kappa shape index (κ2) is 5.60. The first-order chi connectivity index (χ1) is 11.1. The van der Waals surface area contributed by atoms with Crippen LogP contribution in [0, 0.1) is 6.92 Å². The predicted molar refractivity (Wildman–Crippen MR) is 93.0 cm³/mol. The maximum Gasteiger partial charge on any atom is 0.264 e. The number of nitrogens with zero attached hydrogens (tertiary/aromatic N) is 4. The molecular weight excluding hydrogens is 308 g/mol. The van der Waals surface area contributed by atoms with Crippen molar-refractivity contribution in [3.8, 4) is 0 Å². The standard InChI is InChI=1S/C17H24N4OS/c1-11-12-10-15(23-17(12)20(3)18-11)16(22)21-9-5-7-14(21)13-6-4-8-19(13)2/h10,13-14H,4-9H2,1-3H3. The Kier molecular flexibility index (Phi) is 3.69. The normalized spacial score (nSPS) is 25.8. The molecule has 6 heteroatoms. The van der Waals surface area contributed by atoms with Crippen LogP contribution in [0.3, 0.4) is 0 Å². The van der Waals surface area contributed by atoms with Crippen LogP contribution in [-0.4, -0.2) is 57.7 Å². The first-order valence-corrected chi connectivity index (χ1v) is 9.32. The lowest BCUT2D eigenvalue weighted by molar-refractivity contribution is 0.0669. The fraction of sp³-hybridized carbons (Fsp3) is 0.647. The van der Waals surface area contributed by atoms with Crippen molar-refractivity contribution in [1.82, 2.24) is 19.6 Å². The summed E-state index contributed by atoms with van der Waals surface area (Å²) in [7, 11) is 4.15. The zero-order valence-corrected chi connectivity index (χ0v) is 14.9. The smallest absolute Gasteiger partial charge is 0.264 e.